The van der Waals surface area contributed by atoms with E-state index in [4.69, 9.17) is 0 Å². The Morgan fingerprint density at radius 2 is 1.12 bits per heavy atom. The van der Waals surface area contributed by atoms with Gasteiger partial charge >= 0.3 is 0 Å². The van der Waals surface area contributed by atoms with Gasteiger partial charge in [-0.2, -0.15) is 0 Å². The lowest BCUT2D eigenvalue weighted by molar-refractivity contribution is -0.138. The zero-order valence-electron chi connectivity index (χ0n) is 10.5. The molecule has 0 aliphatic heterocycles. The Kier molecular flexibility index (Phi) is 7.52. The van der Waals surface area contributed by atoms with Gasteiger partial charge in [0.25, 0.3) is 0 Å². The van der Waals surface area contributed by atoms with Crippen LogP contribution in [-0.2, 0) is 14.4 Å². The molecule has 0 aromatic heterocycles. The number of benzene rings is 1. The maximum atomic E-state index is 11.0. The quantitative estimate of drug-likeness (QED) is 0.752. The SMILES string of the molecule is CCC(=O)C(C(C)=O)C(C)=O.c1ccccc1. The number of hydrogen-bond donors (Lipinski definition) is 0. The van der Waals surface area contributed by atoms with Crippen LogP contribution in [0.3, 0.4) is 0 Å². The molecule has 0 radical (unpaired) electrons. The van der Waals surface area contributed by atoms with Crippen LogP contribution in [0.5, 0.6) is 0 Å². The van der Waals surface area contributed by atoms with Gasteiger partial charge in [0.05, 0.1) is 0 Å². The standard InChI is InChI=1S/C8H12O3.C6H6/c1-4-7(11)8(5(2)9)6(3)10;1-2-4-6-5-3-1/h8H,4H2,1-3H3;1-6H. The molecule has 0 spiro atoms. The van der Waals surface area contributed by atoms with E-state index in [-0.39, 0.29) is 23.8 Å². The van der Waals surface area contributed by atoms with Gasteiger partial charge in [0, 0.05) is 6.42 Å². The number of Topliss-reactive ketones (excluding diaryl/α,β-unsaturated/α-hetero) is 3. The van der Waals surface area contributed by atoms with Gasteiger partial charge in [-0.15, -0.1) is 0 Å². The molecular weight excluding hydrogens is 216 g/mol. The lowest BCUT2D eigenvalue weighted by Gasteiger charge is -2.05. The minimum Gasteiger partial charge on any atom is -0.299 e. The van der Waals surface area contributed by atoms with Crippen molar-refractivity contribution in [3.05, 3.63) is 36.4 Å². The number of rotatable bonds is 4. The normalized spacial score (nSPS) is 9.18. The van der Waals surface area contributed by atoms with Gasteiger partial charge in [-0.3, -0.25) is 14.4 Å². The second-order valence-corrected chi connectivity index (χ2v) is 3.63. The third kappa shape index (κ3) is 6.40. The Morgan fingerprint density at radius 3 is 1.24 bits per heavy atom. The molecule has 1 aromatic rings. The van der Waals surface area contributed by atoms with Crippen molar-refractivity contribution in [2.75, 3.05) is 0 Å². The van der Waals surface area contributed by atoms with Gasteiger partial charge in [-0.1, -0.05) is 43.3 Å². The summed E-state index contributed by atoms with van der Waals surface area (Å²) in [6.07, 6.45) is 0.240. The van der Waals surface area contributed by atoms with Crippen molar-refractivity contribution in [3.8, 4) is 0 Å². The first-order valence-electron chi connectivity index (χ1n) is 5.54. The van der Waals surface area contributed by atoms with E-state index in [2.05, 4.69) is 0 Å². The Labute approximate surface area is 102 Å². The van der Waals surface area contributed by atoms with Crippen molar-refractivity contribution >= 4 is 17.3 Å². The highest BCUT2D eigenvalue weighted by atomic mass is 16.2. The van der Waals surface area contributed by atoms with Crippen LogP contribution in [-0.4, -0.2) is 17.3 Å². The predicted octanol–water partition coefficient (Wildman–Crippen LogP) is 2.45. The highest BCUT2D eigenvalue weighted by Crippen LogP contribution is 2.04. The highest BCUT2D eigenvalue weighted by molar-refractivity contribution is 6.17. The van der Waals surface area contributed by atoms with Crippen LogP contribution >= 0.6 is 0 Å². The average Bonchev–Trinajstić information content (AvgIpc) is 2.31. The van der Waals surface area contributed by atoms with E-state index in [0.717, 1.165) is 0 Å². The molecule has 0 aliphatic carbocycles. The van der Waals surface area contributed by atoms with E-state index < -0.39 is 5.92 Å². The topological polar surface area (TPSA) is 51.2 Å². The molecule has 3 nitrogen and oxygen atoms in total. The summed E-state index contributed by atoms with van der Waals surface area (Å²) < 4.78 is 0. The molecule has 0 atom stereocenters. The van der Waals surface area contributed by atoms with E-state index in [0.29, 0.717) is 0 Å². The van der Waals surface area contributed by atoms with Crippen LogP contribution in [0.1, 0.15) is 27.2 Å². The summed E-state index contributed by atoms with van der Waals surface area (Å²) in [7, 11) is 0. The highest BCUT2D eigenvalue weighted by Gasteiger charge is 2.25. The fourth-order valence-electron chi connectivity index (χ4n) is 1.33. The van der Waals surface area contributed by atoms with Crippen molar-refractivity contribution in [2.45, 2.75) is 27.2 Å². The third-order valence-electron chi connectivity index (χ3n) is 2.15. The van der Waals surface area contributed by atoms with Gasteiger partial charge in [0.1, 0.15) is 17.5 Å². The Bertz CT molecular complexity index is 328. The van der Waals surface area contributed by atoms with Gasteiger partial charge in [-0.25, -0.2) is 0 Å². The zero-order chi connectivity index (χ0) is 13.3. The summed E-state index contributed by atoms with van der Waals surface area (Å²) >= 11 is 0. The molecule has 1 aromatic carbocycles. The summed E-state index contributed by atoms with van der Waals surface area (Å²) in [6, 6.07) is 12.0. The van der Waals surface area contributed by atoms with E-state index in [1.54, 1.807) is 6.92 Å². The van der Waals surface area contributed by atoms with E-state index in [9.17, 15) is 14.4 Å². The van der Waals surface area contributed by atoms with E-state index >= 15 is 0 Å². The second kappa shape index (κ2) is 8.39. The molecule has 1 rings (SSSR count). The molecule has 0 saturated carbocycles. The third-order valence-corrected chi connectivity index (χ3v) is 2.15. The van der Waals surface area contributed by atoms with Crippen LogP contribution in [0.25, 0.3) is 0 Å². The van der Waals surface area contributed by atoms with Crippen molar-refractivity contribution in [2.24, 2.45) is 5.92 Å². The summed E-state index contributed by atoms with van der Waals surface area (Å²) in [5.74, 6) is -2.02. The van der Waals surface area contributed by atoms with Crippen LogP contribution in [0, 0.1) is 5.92 Å². The smallest absolute Gasteiger partial charge is 0.150 e. The van der Waals surface area contributed by atoms with Crippen LogP contribution < -0.4 is 0 Å². The molecule has 0 amide bonds. The van der Waals surface area contributed by atoms with Crippen LogP contribution in [0.4, 0.5) is 0 Å². The number of hydrogen-bond acceptors (Lipinski definition) is 3. The zero-order valence-corrected chi connectivity index (χ0v) is 10.5. The van der Waals surface area contributed by atoms with Crippen molar-refractivity contribution in [1.29, 1.82) is 0 Å². The lowest BCUT2D eigenvalue weighted by atomic mass is 9.94. The van der Waals surface area contributed by atoms with E-state index in [1.807, 2.05) is 36.4 Å². The lowest BCUT2D eigenvalue weighted by Crippen LogP contribution is -2.27. The Morgan fingerprint density at radius 1 is 0.824 bits per heavy atom. The van der Waals surface area contributed by atoms with E-state index in [1.165, 1.54) is 13.8 Å². The maximum absolute atomic E-state index is 11.0. The maximum Gasteiger partial charge on any atom is 0.150 e. The monoisotopic (exact) mass is 234 g/mol. The first-order valence-corrected chi connectivity index (χ1v) is 5.54. The predicted molar refractivity (Wildman–Crippen MR) is 66.6 cm³/mol. The van der Waals surface area contributed by atoms with Gasteiger partial charge in [-0.05, 0) is 13.8 Å². The molecule has 0 bridgehead atoms. The summed E-state index contributed by atoms with van der Waals surface area (Å²) in [4.78, 5) is 32.4. The first-order chi connectivity index (χ1) is 8.00. The molecule has 0 saturated heterocycles. The number of carbonyl (C=O) groups is 3. The van der Waals surface area contributed by atoms with Gasteiger partial charge in [0.15, 0.2) is 5.78 Å². The molecule has 92 valence electrons. The Hall–Kier alpha value is -1.77. The van der Waals surface area contributed by atoms with Crippen molar-refractivity contribution in [3.63, 3.8) is 0 Å². The molecular formula is C14H18O3. The molecule has 0 aliphatic rings. The molecule has 0 unspecified atom stereocenters. The molecule has 0 fully saturated rings. The summed E-state index contributed by atoms with van der Waals surface area (Å²) in [5.41, 5.74) is 0. The fourth-order valence-corrected chi connectivity index (χ4v) is 1.33. The van der Waals surface area contributed by atoms with Crippen LogP contribution in [0.2, 0.25) is 0 Å². The Balaban J connectivity index is 0.000000354. The fraction of sp³-hybridized carbons (Fsp3) is 0.357. The largest absolute Gasteiger partial charge is 0.299 e. The first kappa shape index (κ1) is 15.2. The minimum atomic E-state index is -1.01. The minimum absolute atomic E-state index is 0.240. The number of ketones is 3. The summed E-state index contributed by atoms with van der Waals surface area (Å²) in [6.45, 7) is 4.17. The second-order valence-electron chi connectivity index (χ2n) is 3.63. The van der Waals surface area contributed by atoms with Gasteiger partial charge < -0.3 is 0 Å². The van der Waals surface area contributed by atoms with Crippen molar-refractivity contribution in [1.82, 2.24) is 0 Å². The molecule has 0 heterocycles. The molecule has 17 heavy (non-hydrogen) atoms. The van der Waals surface area contributed by atoms with Gasteiger partial charge in [0.2, 0.25) is 0 Å². The molecule has 3 heteroatoms. The van der Waals surface area contributed by atoms with Crippen molar-refractivity contribution < 1.29 is 14.4 Å². The summed E-state index contributed by atoms with van der Waals surface area (Å²) in [5, 5.41) is 0. The average molecular weight is 234 g/mol. The number of carbonyl (C=O) groups excluding carboxylic acids is 3. The van der Waals surface area contributed by atoms with Crippen LogP contribution in [0.15, 0.2) is 36.4 Å². The molecule has 0 N–H and O–H groups in total.